The third-order valence-corrected chi connectivity index (χ3v) is 6.22. The van der Waals surface area contributed by atoms with Gasteiger partial charge in [-0.25, -0.2) is 13.1 Å². The highest BCUT2D eigenvalue weighted by Gasteiger charge is 2.35. The van der Waals surface area contributed by atoms with Crippen LogP contribution in [0.2, 0.25) is 0 Å². The molecule has 6 nitrogen and oxygen atoms in total. The number of sulfonamides is 1. The maximum Gasteiger partial charge on any atom is 0.255 e. The Morgan fingerprint density at radius 1 is 1.38 bits per heavy atom. The fourth-order valence-corrected chi connectivity index (χ4v) is 4.18. The highest BCUT2D eigenvalue weighted by atomic mass is 32.2. The number of rotatable bonds is 4. The van der Waals surface area contributed by atoms with Crippen molar-refractivity contribution in [3.8, 4) is 0 Å². The molecule has 1 saturated heterocycles. The zero-order valence-corrected chi connectivity index (χ0v) is 12.9. The fraction of sp³-hybridized carbons (Fsp3) is 0.643. The first-order valence-electron chi connectivity index (χ1n) is 7.42. The minimum Gasteiger partial charge on any atom is -0.364 e. The van der Waals surface area contributed by atoms with E-state index in [0.29, 0.717) is 24.4 Å². The molecule has 0 radical (unpaired) electrons. The van der Waals surface area contributed by atoms with E-state index in [1.165, 1.54) is 7.05 Å². The summed E-state index contributed by atoms with van der Waals surface area (Å²) in [6.45, 7) is 0.904. The molecule has 0 aromatic carbocycles. The van der Waals surface area contributed by atoms with Crippen LogP contribution in [0.5, 0.6) is 0 Å². The number of carbonyl (C=O) groups is 1. The summed E-state index contributed by atoms with van der Waals surface area (Å²) in [4.78, 5) is 17.5. The molecule has 0 bridgehead atoms. The van der Waals surface area contributed by atoms with Gasteiger partial charge in [0.15, 0.2) is 0 Å². The number of likely N-dealkylation sites (tertiary alicyclic amines) is 1. The van der Waals surface area contributed by atoms with Gasteiger partial charge in [0.2, 0.25) is 10.0 Å². The summed E-state index contributed by atoms with van der Waals surface area (Å²) < 4.78 is 26.3. The number of aromatic amines is 1. The lowest BCUT2D eigenvalue weighted by Gasteiger charge is -2.32. The monoisotopic (exact) mass is 311 g/mol. The van der Waals surface area contributed by atoms with Crippen molar-refractivity contribution in [2.45, 2.75) is 36.9 Å². The molecule has 1 unspecified atom stereocenters. The van der Waals surface area contributed by atoms with Crippen molar-refractivity contribution >= 4 is 15.9 Å². The second-order valence-corrected chi connectivity index (χ2v) is 8.01. The molecule has 7 heteroatoms. The average Bonchev–Trinajstić information content (AvgIpc) is 3.24. The van der Waals surface area contributed by atoms with Gasteiger partial charge in [-0.2, -0.15) is 0 Å². The van der Waals surface area contributed by atoms with Gasteiger partial charge in [0.1, 0.15) is 0 Å². The zero-order chi connectivity index (χ0) is 15.0. The molecule has 1 atom stereocenters. The quantitative estimate of drug-likeness (QED) is 0.872. The summed E-state index contributed by atoms with van der Waals surface area (Å²) in [5.74, 6) is 0.426. The Balaban J connectivity index is 1.77. The van der Waals surface area contributed by atoms with Gasteiger partial charge in [0.25, 0.3) is 5.91 Å². The molecule has 1 aromatic rings. The van der Waals surface area contributed by atoms with Crippen molar-refractivity contribution in [1.29, 1.82) is 0 Å². The Kier molecular flexibility index (Phi) is 3.79. The lowest BCUT2D eigenvalue weighted by Crippen LogP contribution is -2.47. The molecule has 0 spiro atoms. The smallest absolute Gasteiger partial charge is 0.255 e. The molecule has 1 amide bonds. The van der Waals surface area contributed by atoms with E-state index >= 15 is 0 Å². The number of amides is 1. The van der Waals surface area contributed by atoms with Gasteiger partial charge in [-0.15, -0.1) is 0 Å². The van der Waals surface area contributed by atoms with Crippen LogP contribution in [0.15, 0.2) is 12.3 Å². The van der Waals surface area contributed by atoms with Crippen LogP contribution >= 0.6 is 0 Å². The SMILES string of the molecule is CNS(=O)(=O)C1CCCN(C(=O)c2cc[nH]c2C2CC2)C1. The summed E-state index contributed by atoms with van der Waals surface area (Å²) in [5, 5.41) is -0.511. The molecule has 2 N–H and O–H groups in total. The maximum absolute atomic E-state index is 12.7. The number of nitrogens with one attached hydrogen (secondary N) is 2. The van der Waals surface area contributed by atoms with Crippen LogP contribution in [0, 0.1) is 0 Å². The molecule has 21 heavy (non-hydrogen) atoms. The topological polar surface area (TPSA) is 82.3 Å². The number of carbonyl (C=O) groups excluding carboxylic acids is 1. The van der Waals surface area contributed by atoms with Crippen LogP contribution in [-0.2, 0) is 10.0 Å². The zero-order valence-electron chi connectivity index (χ0n) is 12.1. The van der Waals surface area contributed by atoms with Gasteiger partial charge in [-0.1, -0.05) is 0 Å². The average molecular weight is 311 g/mol. The number of hydrogen-bond donors (Lipinski definition) is 2. The summed E-state index contributed by atoms with van der Waals surface area (Å²) in [5.41, 5.74) is 1.72. The molecule has 1 aliphatic heterocycles. The van der Waals surface area contributed by atoms with Gasteiger partial charge in [-0.3, -0.25) is 4.79 Å². The van der Waals surface area contributed by atoms with E-state index in [1.54, 1.807) is 11.1 Å². The van der Waals surface area contributed by atoms with E-state index in [4.69, 9.17) is 0 Å². The Hall–Kier alpha value is -1.34. The van der Waals surface area contributed by atoms with Crippen LogP contribution in [0.4, 0.5) is 0 Å². The molecule has 2 fully saturated rings. The van der Waals surface area contributed by atoms with Gasteiger partial charge in [0, 0.05) is 25.0 Å². The number of nitrogens with zero attached hydrogens (tertiary/aromatic N) is 1. The van der Waals surface area contributed by atoms with Gasteiger partial charge in [-0.05, 0) is 44.7 Å². The van der Waals surface area contributed by atoms with Crippen molar-refractivity contribution in [2.24, 2.45) is 0 Å². The summed E-state index contributed by atoms with van der Waals surface area (Å²) in [7, 11) is -1.90. The van der Waals surface area contributed by atoms with Gasteiger partial charge < -0.3 is 9.88 Å². The van der Waals surface area contributed by atoms with Crippen molar-refractivity contribution in [3.05, 3.63) is 23.5 Å². The lowest BCUT2D eigenvalue weighted by molar-refractivity contribution is 0.0725. The fourth-order valence-electron chi connectivity index (χ4n) is 2.99. The number of piperidine rings is 1. The van der Waals surface area contributed by atoms with Gasteiger partial charge in [0.05, 0.1) is 10.8 Å². The van der Waals surface area contributed by atoms with E-state index < -0.39 is 15.3 Å². The molecule has 2 aliphatic rings. The summed E-state index contributed by atoms with van der Waals surface area (Å²) in [6, 6.07) is 1.81. The molecular formula is C14H21N3O3S. The Morgan fingerprint density at radius 2 is 2.14 bits per heavy atom. The third kappa shape index (κ3) is 2.85. The second-order valence-electron chi connectivity index (χ2n) is 5.84. The van der Waals surface area contributed by atoms with E-state index in [9.17, 15) is 13.2 Å². The molecule has 1 aliphatic carbocycles. The lowest BCUT2D eigenvalue weighted by atomic mass is 10.1. The minimum atomic E-state index is -3.32. The van der Waals surface area contributed by atoms with Crippen molar-refractivity contribution in [2.75, 3.05) is 20.1 Å². The molecule has 1 aromatic heterocycles. The minimum absolute atomic E-state index is 0.0471. The van der Waals surface area contributed by atoms with Crippen LogP contribution in [0.3, 0.4) is 0 Å². The standard InChI is InChI=1S/C14H21N3O3S/c1-15-21(19,20)11-3-2-8-17(9-11)14(18)12-6-7-16-13(12)10-4-5-10/h6-7,10-11,15-16H,2-5,8-9H2,1H3. The van der Waals surface area contributed by atoms with Crippen molar-refractivity contribution in [3.63, 3.8) is 0 Å². The molecule has 2 heterocycles. The normalized spacial score (nSPS) is 23.3. The number of H-pyrrole nitrogens is 1. The van der Waals surface area contributed by atoms with Crippen LogP contribution in [0.1, 0.15) is 47.7 Å². The van der Waals surface area contributed by atoms with E-state index in [0.717, 1.165) is 25.0 Å². The molecular weight excluding hydrogens is 290 g/mol. The van der Waals surface area contributed by atoms with E-state index in [-0.39, 0.29) is 12.5 Å². The molecule has 3 rings (SSSR count). The van der Waals surface area contributed by atoms with Gasteiger partial charge >= 0.3 is 0 Å². The molecule has 1 saturated carbocycles. The maximum atomic E-state index is 12.7. The molecule has 116 valence electrons. The number of aromatic nitrogens is 1. The van der Waals surface area contributed by atoms with Crippen molar-refractivity contribution in [1.82, 2.24) is 14.6 Å². The Bertz CT molecular complexity index is 634. The first-order valence-corrected chi connectivity index (χ1v) is 8.96. The van der Waals surface area contributed by atoms with E-state index in [2.05, 4.69) is 9.71 Å². The Morgan fingerprint density at radius 3 is 2.81 bits per heavy atom. The predicted octanol–water partition coefficient (Wildman–Crippen LogP) is 1.05. The predicted molar refractivity (Wildman–Crippen MR) is 79.7 cm³/mol. The summed E-state index contributed by atoms with van der Waals surface area (Å²) >= 11 is 0. The highest BCUT2D eigenvalue weighted by molar-refractivity contribution is 7.90. The van der Waals surface area contributed by atoms with Crippen LogP contribution in [-0.4, -0.2) is 49.6 Å². The summed E-state index contributed by atoms with van der Waals surface area (Å²) in [6.07, 6.45) is 5.37. The second kappa shape index (κ2) is 5.46. The van der Waals surface area contributed by atoms with Crippen LogP contribution in [0.25, 0.3) is 0 Å². The third-order valence-electron chi connectivity index (χ3n) is 4.38. The number of hydrogen-bond acceptors (Lipinski definition) is 3. The van der Waals surface area contributed by atoms with Crippen molar-refractivity contribution < 1.29 is 13.2 Å². The first-order chi connectivity index (χ1) is 10.0. The van der Waals surface area contributed by atoms with E-state index in [1.807, 2.05) is 6.07 Å². The largest absolute Gasteiger partial charge is 0.364 e. The Labute approximate surface area is 125 Å². The highest BCUT2D eigenvalue weighted by Crippen LogP contribution is 2.41. The van der Waals surface area contributed by atoms with Crippen LogP contribution < -0.4 is 4.72 Å². The first kappa shape index (κ1) is 14.6.